The summed E-state index contributed by atoms with van der Waals surface area (Å²) in [6.07, 6.45) is 20.4. The number of hydrogen-bond acceptors (Lipinski definition) is 13. The molecule has 98 heavy (non-hydrogen) atoms. The number of ether oxygens (including phenoxy) is 3. The van der Waals surface area contributed by atoms with Gasteiger partial charge in [0.05, 0.1) is 55.3 Å². The number of rotatable bonds is 32. The summed E-state index contributed by atoms with van der Waals surface area (Å²) in [6, 6.07) is 16.6. The number of carboxylic acid groups (broad SMARTS) is 1. The van der Waals surface area contributed by atoms with Crippen LogP contribution < -0.4 is 0 Å². The van der Waals surface area contributed by atoms with Crippen molar-refractivity contribution in [1.82, 2.24) is 0 Å². The number of cyclic esters (lactones) is 1. The molecule has 0 aliphatic carbocycles. The van der Waals surface area contributed by atoms with Gasteiger partial charge in [0.15, 0.2) is 55.7 Å². The average molecular weight is 1480 g/mol. The number of hydrogen-bond donors (Lipinski definition) is 3. The van der Waals surface area contributed by atoms with Gasteiger partial charge in [0.2, 0.25) is 0 Å². The van der Waals surface area contributed by atoms with E-state index in [1.807, 2.05) is 50.3 Å². The quantitative estimate of drug-likeness (QED) is 0.0428. The van der Waals surface area contributed by atoms with E-state index in [4.69, 9.17) is 40.8 Å². The molecule has 3 N–H and O–H groups in total. The molecule has 0 amide bonds. The van der Waals surface area contributed by atoms with Crippen LogP contribution in [0.25, 0.3) is 0 Å². The minimum absolute atomic E-state index is 0.0103. The van der Waals surface area contributed by atoms with E-state index < -0.39 is 116 Å². The fourth-order valence-electron chi connectivity index (χ4n) is 15.7. The molecule has 0 aromatic heterocycles. The van der Waals surface area contributed by atoms with Crippen LogP contribution in [0.2, 0.25) is 109 Å². The van der Waals surface area contributed by atoms with Gasteiger partial charge in [0.1, 0.15) is 12.0 Å². The first-order valence-corrected chi connectivity index (χ1v) is 55.3. The molecule has 14 atom stereocenters. The normalized spacial score (nSPS) is 30.2. The fourth-order valence-corrected chi connectivity index (χ4v) is 33.1. The number of carboxylic acids is 1. The van der Waals surface area contributed by atoms with E-state index in [2.05, 4.69) is 150 Å². The van der Waals surface area contributed by atoms with Crippen molar-refractivity contribution < 1.29 is 65.7 Å². The molecule has 2 aliphatic rings. The molecule has 1 fully saturated rings. The maximum absolute atomic E-state index is 14.7. The number of allylic oxidation sites excluding steroid dienone is 9. The van der Waals surface area contributed by atoms with Crippen molar-refractivity contribution >= 4 is 61.8 Å². The molecular formula is C78H152O14Si6. The summed E-state index contributed by atoms with van der Waals surface area (Å²) >= 11 is 0. The number of fused-ring (bicyclic) bond motifs is 2. The smallest absolute Gasteiger partial charge is 0.311 e. The summed E-state index contributed by atoms with van der Waals surface area (Å²) in [4.78, 5) is 28.7. The molecule has 7 unspecified atom stereocenters. The third-order valence-corrected chi connectivity index (χ3v) is 52.8. The fraction of sp³-hybridized carbons (Fsp3) is 0.846. The lowest BCUT2D eigenvalue weighted by Gasteiger charge is -2.51. The monoisotopic (exact) mass is 1480 g/mol. The Labute approximate surface area is 607 Å². The molecule has 20 heteroatoms. The number of carbonyl (C=O) groups is 2. The zero-order chi connectivity index (χ0) is 73.8. The summed E-state index contributed by atoms with van der Waals surface area (Å²) in [6.45, 7) is 46.9. The van der Waals surface area contributed by atoms with Gasteiger partial charge >= 0.3 is 11.9 Å². The Hall–Kier alpha value is -1.46. The van der Waals surface area contributed by atoms with Crippen molar-refractivity contribution in [3.05, 3.63) is 60.8 Å². The van der Waals surface area contributed by atoms with E-state index in [-0.39, 0.29) is 49.3 Å². The van der Waals surface area contributed by atoms with Crippen LogP contribution in [0, 0.1) is 17.8 Å². The molecule has 2 rings (SSSR count). The highest BCUT2D eigenvalue weighted by Gasteiger charge is 2.55. The van der Waals surface area contributed by atoms with Crippen molar-refractivity contribution in [2.75, 3.05) is 7.11 Å². The Kier molecular flexibility index (Phi) is 44.6. The van der Waals surface area contributed by atoms with Gasteiger partial charge in [-0.05, 0) is 173 Å². The van der Waals surface area contributed by atoms with Gasteiger partial charge in [-0.1, -0.05) is 199 Å². The van der Waals surface area contributed by atoms with Crippen molar-refractivity contribution in [2.24, 2.45) is 17.8 Å². The van der Waals surface area contributed by atoms with Gasteiger partial charge in [-0.2, -0.15) is 0 Å². The number of carbonyl (C=O) groups excluding carboxylic acids is 1. The van der Waals surface area contributed by atoms with E-state index in [0.717, 1.165) is 134 Å². The molecule has 0 aromatic rings. The first kappa shape index (κ1) is 92.6. The Balaban J connectivity index is 3.30. The third kappa shape index (κ3) is 28.4. The van der Waals surface area contributed by atoms with Crippen molar-refractivity contribution in [3.8, 4) is 0 Å². The summed E-state index contributed by atoms with van der Waals surface area (Å²) in [5.41, 5.74) is 0. The van der Waals surface area contributed by atoms with E-state index in [9.17, 15) is 24.9 Å². The standard InChI is InChI=1S/C78H152O14Si6/c1-23-93(24-2,25-3)87-67-55-56-70(90-96(32-10,33-11)34-12)71(91-97(35-13,36-14)37-15)59-69(89-95(29-7,30-8)31-9)61-78(84-22)62-73(92-98(38-16,39-17)40-18)75(77(82)83)72(86-78)57-66(79)54-52-50-48-46-44-42-41-43-45-47-49-51-53-63(19)76(81)64(20)65(21)85-74(80)60-68(58-67)88-94(26-4,27-5)28-6/h41-43,45,47-50,52,54,63-73,75-76,79,81H,23-40,44,46,51,53,55-62H2,1-22H3,(H,82,83)/b42-41+,45-43+,49-47+,50-48+,54-52+/t63-,64-,65-,66?,67?,68+,69-,70?,71?,72-,73-,75?,76?,78?/m0/s1. The molecule has 0 aromatic carbocycles. The Morgan fingerprint density at radius 3 is 1.31 bits per heavy atom. The first-order chi connectivity index (χ1) is 46.7. The molecule has 2 aliphatic heterocycles. The zero-order valence-electron chi connectivity index (χ0n) is 66.8. The second-order valence-electron chi connectivity index (χ2n) is 29.5. The maximum Gasteiger partial charge on any atom is 0.311 e. The highest BCUT2D eigenvalue weighted by molar-refractivity contribution is 6.75. The molecule has 2 heterocycles. The Morgan fingerprint density at radius 2 is 0.867 bits per heavy atom. The first-order valence-electron chi connectivity index (χ1n) is 40.1. The van der Waals surface area contributed by atoms with E-state index in [0.29, 0.717) is 32.1 Å². The lowest BCUT2D eigenvalue weighted by atomic mass is 9.82. The number of aliphatic carboxylic acids is 1. The van der Waals surface area contributed by atoms with Crippen LogP contribution in [-0.2, 0) is 50.4 Å². The molecule has 0 spiro atoms. The van der Waals surface area contributed by atoms with Gasteiger partial charge in [-0.25, -0.2) is 0 Å². The number of methoxy groups -OCH3 is 1. The molecule has 0 radical (unpaired) electrons. The van der Waals surface area contributed by atoms with Crippen LogP contribution in [0.3, 0.4) is 0 Å². The van der Waals surface area contributed by atoms with Crippen molar-refractivity contribution in [3.63, 3.8) is 0 Å². The Morgan fingerprint density at radius 1 is 0.469 bits per heavy atom. The highest BCUT2D eigenvalue weighted by Crippen LogP contribution is 2.46. The van der Waals surface area contributed by atoms with Crippen LogP contribution in [0.4, 0.5) is 0 Å². The van der Waals surface area contributed by atoms with Crippen molar-refractivity contribution in [1.29, 1.82) is 0 Å². The summed E-state index contributed by atoms with van der Waals surface area (Å²) < 4.78 is 67.6. The van der Waals surface area contributed by atoms with Crippen LogP contribution in [0.1, 0.15) is 222 Å². The molecule has 0 saturated carbocycles. The Bertz CT molecular complexity index is 2270. The molecule has 1 saturated heterocycles. The van der Waals surface area contributed by atoms with Gasteiger partial charge in [-0.15, -0.1) is 0 Å². The van der Waals surface area contributed by atoms with Crippen LogP contribution in [-0.4, -0.2) is 151 Å². The van der Waals surface area contributed by atoms with Crippen LogP contribution >= 0.6 is 0 Å². The predicted molar refractivity (Wildman–Crippen MR) is 425 cm³/mol. The second-order valence-corrected chi connectivity index (χ2v) is 57.8. The van der Waals surface area contributed by atoms with E-state index >= 15 is 0 Å². The molecule has 2 bridgehead atoms. The highest BCUT2D eigenvalue weighted by atomic mass is 28.4. The summed E-state index contributed by atoms with van der Waals surface area (Å²) in [5, 5.41) is 35.2. The molecule has 14 nitrogen and oxygen atoms in total. The van der Waals surface area contributed by atoms with Crippen LogP contribution in [0.5, 0.6) is 0 Å². The summed E-state index contributed by atoms with van der Waals surface area (Å²) in [5.74, 6) is -4.02. The average Bonchev–Trinajstić information content (AvgIpc) is 0.765. The minimum atomic E-state index is -2.46. The van der Waals surface area contributed by atoms with Crippen molar-refractivity contribution in [2.45, 2.75) is 398 Å². The topological polar surface area (TPSA) is 178 Å². The zero-order valence-corrected chi connectivity index (χ0v) is 72.8. The lowest BCUT2D eigenvalue weighted by molar-refractivity contribution is -0.309. The number of aliphatic hydroxyl groups excluding tert-OH is 2. The van der Waals surface area contributed by atoms with Gasteiger partial charge in [-0.3, -0.25) is 9.59 Å². The lowest BCUT2D eigenvalue weighted by Crippen LogP contribution is -2.60. The van der Waals surface area contributed by atoms with Crippen LogP contribution in [0.15, 0.2) is 60.8 Å². The number of esters is 1. The molecular weight excluding hydrogens is 1330 g/mol. The van der Waals surface area contributed by atoms with E-state index in [1.165, 1.54) is 0 Å². The second kappa shape index (κ2) is 47.2. The minimum Gasteiger partial charge on any atom is -0.481 e. The van der Waals surface area contributed by atoms with Gasteiger partial charge in [0, 0.05) is 38.4 Å². The summed E-state index contributed by atoms with van der Waals surface area (Å²) in [7, 11) is -12.7. The van der Waals surface area contributed by atoms with E-state index in [1.54, 1.807) is 13.2 Å². The molecule has 572 valence electrons. The third-order valence-electron chi connectivity index (χ3n) is 24.7. The SMILES string of the molecule is CC[Si](CC)(CC)OC1CCC(O[Si](CC)(CC)CC)C(O[Si](CC)(CC)CC)C[C@H](O[Si](CC)(CC)CC)CC2(OC)C[C@H](O[Si](CC)(CC)CC)C(C(=O)O)[C@H](CC(O)/C=C/C=C/CC/C=C/C=C/C=C/CC[C@H](C)C(O)[C@@H](C)[C@H](C)OC(=O)C[C@H](O[Si](CC)(CC)CC)C1)O2. The van der Waals surface area contributed by atoms with Gasteiger partial charge < -0.3 is 56.1 Å². The number of aliphatic hydroxyl groups is 2. The van der Waals surface area contributed by atoms with Gasteiger partial charge in [0.25, 0.3) is 0 Å². The maximum atomic E-state index is 14.7. The predicted octanol–water partition coefficient (Wildman–Crippen LogP) is 21.2. The largest absolute Gasteiger partial charge is 0.481 e.